The third-order valence-corrected chi connectivity index (χ3v) is 5.68. The first-order valence-corrected chi connectivity index (χ1v) is 9.03. The quantitative estimate of drug-likeness (QED) is 0.888. The van der Waals surface area contributed by atoms with Crippen molar-refractivity contribution >= 4 is 17.5 Å². The van der Waals surface area contributed by atoms with Crippen molar-refractivity contribution < 1.29 is 14.0 Å². The van der Waals surface area contributed by atoms with Crippen LogP contribution in [0.3, 0.4) is 0 Å². The van der Waals surface area contributed by atoms with Crippen LogP contribution in [-0.2, 0) is 0 Å². The minimum absolute atomic E-state index is 0.0000904. The van der Waals surface area contributed by atoms with E-state index >= 15 is 0 Å². The predicted octanol–water partition coefficient (Wildman–Crippen LogP) is 2.65. The standard InChI is InChI=1S/C20H23N3O3/c1-12-4-5-13(9-17(12)22-19(24)18-3-2-8-26-18)20(25)23-10-14-6-7-16(21)15(14)11-23/h2-5,8-9,14-16H,6-7,10-11,21H2,1H3,(H,22,24). The van der Waals surface area contributed by atoms with Crippen molar-refractivity contribution in [2.24, 2.45) is 17.6 Å². The summed E-state index contributed by atoms with van der Waals surface area (Å²) in [5, 5.41) is 2.82. The van der Waals surface area contributed by atoms with E-state index in [1.807, 2.05) is 24.0 Å². The molecule has 1 aliphatic carbocycles. The molecule has 2 amide bonds. The molecule has 136 valence electrons. The smallest absolute Gasteiger partial charge is 0.291 e. The Balaban J connectivity index is 1.50. The Hall–Kier alpha value is -2.60. The highest BCUT2D eigenvalue weighted by Crippen LogP contribution is 2.37. The lowest BCUT2D eigenvalue weighted by molar-refractivity contribution is 0.0779. The minimum Gasteiger partial charge on any atom is -0.459 e. The van der Waals surface area contributed by atoms with Crippen LogP contribution in [-0.4, -0.2) is 35.8 Å². The lowest BCUT2D eigenvalue weighted by Crippen LogP contribution is -2.33. The molecule has 1 saturated carbocycles. The molecule has 3 atom stereocenters. The molecular formula is C20H23N3O3. The molecule has 0 bridgehead atoms. The average Bonchev–Trinajstić information content (AvgIpc) is 3.35. The number of carbonyl (C=O) groups is 2. The van der Waals surface area contributed by atoms with Gasteiger partial charge in [-0.1, -0.05) is 6.07 Å². The van der Waals surface area contributed by atoms with Crippen LogP contribution in [0, 0.1) is 18.8 Å². The summed E-state index contributed by atoms with van der Waals surface area (Å²) in [5.74, 6) is 0.854. The molecule has 3 unspecified atom stereocenters. The van der Waals surface area contributed by atoms with Gasteiger partial charge in [0.25, 0.3) is 11.8 Å². The van der Waals surface area contributed by atoms with Gasteiger partial charge in [0.2, 0.25) is 0 Å². The van der Waals surface area contributed by atoms with Gasteiger partial charge < -0.3 is 20.4 Å². The number of anilines is 1. The number of furan rings is 1. The molecule has 2 aliphatic rings. The number of aryl methyl sites for hydroxylation is 1. The molecule has 1 aromatic heterocycles. The van der Waals surface area contributed by atoms with Crippen LogP contribution in [0.2, 0.25) is 0 Å². The van der Waals surface area contributed by atoms with E-state index in [0.29, 0.717) is 23.1 Å². The molecule has 1 aliphatic heterocycles. The zero-order valence-electron chi connectivity index (χ0n) is 14.8. The maximum Gasteiger partial charge on any atom is 0.291 e. The molecule has 2 fully saturated rings. The number of carbonyl (C=O) groups excluding carboxylic acids is 2. The van der Waals surface area contributed by atoms with Crippen LogP contribution in [0.25, 0.3) is 0 Å². The fraction of sp³-hybridized carbons (Fsp3) is 0.400. The second kappa shape index (κ2) is 6.61. The number of hydrogen-bond donors (Lipinski definition) is 2. The fourth-order valence-corrected chi connectivity index (χ4v) is 4.14. The topological polar surface area (TPSA) is 88.6 Å². The van der Waals surface area contributed by atoms with Gasteiger partial charge in [0, 0.05) is 30.4 Å². The van der Waals surface area contributed by atoms with Gasteiger partial charge in [0.05, 0.1) is 6.26 Å². The van der Waals surface area contributed by atoms with Gasteiger partial charge in [-0.2, -0.15) is 0 Å². The number of likely N-dealkylation sites (tertiary alicyclic amines) is 1. The summed E-state index contributed by atoms with van der Waals surface area (Å²) < 4.78 is 5.12. The van der Waals surface area contributed by atoms with E-state index in [1.165, 1.54) is 6.26 Å². The molecule has 2 aromatic rings. The number of fused-ring (bicyclic) bond motifs is 1. The Morgan fingerprint density at radius 2 is 2.08 bits per heavy atom. The van der Waals surface area contributed by atoms with Crippen molar-refractivity contribution in [1.82, 2.24) is 4.90 Å². The van der Waals surface area contributed by atoms with Gasteiger partial charge in [-0.3, -0.25) is 9.59 Å². The Morgan fingerprint density at radius 1 is 1.23 bits per heavy atom. The molecule has 0 spiro atoms. The third kappa shape index (κ3) is 3.01. The predicted molar refractivity (Wildman–Crippen MR) is 97.9 cm³/mol. The lowest BCUT2D eigenvalue weighted by atomic mass is 9.98. The fourth-order valence-electron chi connectivity index (χ4n) is 4.14. The molecule has 0 radical (unpaired) electrons. The van der Waals surface area contributed by atoms with Gasteiger partial charge in [0.1, 0.15) is 0 Å². The molecule has 26 heavy (non-hydrogen) atoms. The Bertz CT molecular complexity index is 831. The van der Waals surface area contributed by atoms with Crippen LogP contribution in [0.5, 0.6) is 0 Å². The monoisotopic (exact) mass is 353 g/mol. The molecule has 1 saturated heterocycles. The van der Waals surface area contributed by atoms with Gasteiger partial charge >= 0.3 is 0 Å². The highest BCUT2D eigenvalue weighted by atomic mass is 16.3. The van der Waals surface area contributed by atoms with Crippen molar-refractivity contribution in [3.63, 3.8) is 0 Å². The number of nitrogens with two attached hydrogens (primary N) is 1. The van der Waals surface area contributed by atoms with Crippen molar-refractivity contribution in [1.29, 1.82) is 0 Å². The van der Waals surface area contributed by atoms with Crippen LogP contribution >= 0.6 is 0 Å². The largest absolute Gasteiger partial charge is 0.459 e. The second-order valence-corrected chi connectivity index (χ2v) is 7.34. The van der Waals surface area contributed by atoms with Gasteiger partial charge in [-0.15, -0.1) is 0 Å². The van der Waals surface area contributed by atoms with E-state index in [0.717, 1.165) is 31.5 Å². The summed E-state index contributed by atoms with van der Waals surface area (Å²) in [7, 11) is 0. The number of hydrogen-bond acceptors (Lipinski definition) is 4. The minimum atomic E-state index is -0.329. The Kier molecular flexibility index (Phi) is 4.28. The zero-order chi connectivity index (χ0) is 18.3. The Morgan fingerprint density at radius 3 is 2.81 bits per heavy atom. The van der Waals surface area contributed by atoms with Crippen molar-refractivity contribution in [2.75, 3.05) is 18.4 Å². The summed E-state index contributed by atoms with van der Waals surface area (Å²) in [4.78, 5) is 27.0. The molecule has 4 rings (SSSR count). The number of nitrogens with zero attached hydrogens (tertiary/aromatic N) is 1. The van der Waals surface area contributed by atoms with Crippen LogP contribution < -0.4 is 11.1 Å². The third-order valence-electron chi connectivity index (χ3n) is 5.68. The van der Waals surface area contributed by atoms with E-state index in [9.17, 15) is 9.59 Å². The molecule has 2 heterocycles. The van der Waals surface area contributed by atoms with E-state index in [-0.39, 0.29) is 23.6 Å². The van der Waals surface area contributed by atoms with Crippen LogP contribution in [0.1, 0.15) is 39.3 Å². The van der Waals surface area contributed by atoms with Crippen molar-refractivity contribution in [3.05, 3.63) is 53.5 Å². The highest BCUT2D eigenvalue weighted by Gasteiger charge is 2.42. The van der Waals surface area contributed by atoms with E-state index in [1.54, 1.807) is 18.2 Å². The average molecular weight is 353 g/mol. The van der Waals surface area contributed by atoms with E-state index < -0.39 is 0 Å². The summed E-state index contributed by atoms with van der Waals surface area (Å²) in [6.07, 6.45) is 3.62. The summed E-state index contributed by atoms with van der Waals surface area (Å²) >= 11 is 0. The highest BCUT2D eigenvalue weighted by molar-refractivity contribution is 6.04. The second-order valence-electron chi connectivity index (χ2n) is 7.34. The molecular weight excluding hydrogens is 330 g/mol. The van der Waals surface area contributed by atoms with Gasteiger partial charge in [0.15, 0.2) is 5.76 Å². The summed E-state index contributed by atoms with van der Waals surface area (Å²) in [5.41, 5.74) is 8.26. The number of rotatable bonds is 3. The number of benzene rings is 1. The van der Waals surface area contributed by atoms with Crippen LogP contribution in [0.15, 0.2) is 41.0 Å². The van der Waals surface area contributed by atoms with Crippen molar-refractivity contribution in [3.8, 4) is 0 Å². The maximum absolute atomic E-state index is 12.9. The Labute approximate surface area is 152 Å². The molecule has 1 aromatic carbocycles. The molecule has 3 N–H and O–H groups in total. The van der Waals surface area contributed by atoms with Crippen LogP contribution in [0.4, 0.5) is 5.69 Å². The number of amides is 2. The molecule has 6 nitrogen and oxygen atoms in total. The first-order chi connectivity index (χ1) is 12.5. The van der Waals surface area contributed by atoms with Gasteiger partial charge in [-0.05, 0) is 61.4 Å². The number of nitrogens with one attached hydrogen (secondary N) is 1. The van der Waals surface area contributed by atoms with Crippen molar-refractivity contribution in [2.45, 2.75) is 25.8 Å². The first-order valence-electron chi connectivity index (χ1n) is 9.03. The van der Waals surface area contributed by atoms with E-state index in [2.05, 4.69) is 5.32 Å². The normalized spacial score (nSPS) is 24.5. The SMILES string of the molecule is Cc1ccc(C(=O)N2CC3CCC(N)C3C2)cc1NC(=O)c1ccco1. The van der Waals surface area contributed by atoms with Gasteiger partial charge in [-0.25, -0.2) is 0 Å². The molecule has 6 heteroatoms. The maximum atomic E-state index is 12.9. The zero-order valence-corrected chi connectivity index (χ0v) is 14.8. The first kappa shape index (κ1) is 16.8. The summed E-state index contributed by atoms with van der Waals surface area (Å²) in [6.45, 7) is 3.40. The lowest BCUT2D eigenvalue weighted by Gasteiger charge is -2.19. The van der Waals surface area contributed by atoms with E-state index in [4.69, 9.17) is 10.2 Å². The summed E-state index contributed by atoms with van der Waals surface area (Å²) in [6, 6.07) is 8.88.